The lowest BCUT2D eigenvalue weighted by Gasteiger charge is -2.71. The molecule has 7 fully saturated rings. The second-order valence-corrected chi connectivity index (χ2v) is 22.9. The van der Waals surface area contributed by atoms with E-state index in [2.05, 4.69) is 40.7 Å². The number of rotatable bonds is 10. The zero-order chi connectivity index (χ0) is 47.4. The van der Waals surface area contributed by atoms with E-state index in [-0.39, 0.29) is 52.6 Å². The van der Waals surface area contributed by atoms with Crippen LogP contribution in [-0.4, -0.2) is 181 Å². The number of allylic oxidation sites excluding steroid dienone is 2. The fourth-order valence-electron chi connectivity index (χ4n) is 14.9. The SMILES string of the molecule is CC1(C)CC[C@]2(C(=O)O)CC[C@]3(C)C(=CC[C@@H]4[C@@]5(C)CC[C@H](O[C@@H]6OC[C@H](O[C@@H]7O[C@H](CO)[C@@H](O[C@@H]8O[C@H](CO)[C@@H](O)[C@H](O)[C@H]8O)[C@H](O)[C@H]7O)[C@H](O)[C@H]6O)[C@@](C)(CO)C5CC[C@]43C)[C@H]2C1. The molecule has 11 N–H and O–H groups in total. The van der Waals surface area contributed by atoms with Crippen molar-refractivity contribution in [1.29, 1.82) is 0 Å². The number of ether oxygens (including phenoxy) is 6. The van der Waals surface area contributed by atoms with Gasteiger partial charge in [0.25, 0.3) is 0 Å². The molecule has 18 nitrogen and oxygen atoms in total. The summed E-state index contributed by atoms with van der Waals surface area (Å²) in [4.78, 5) is 13.1. The summed E-state index contributed by atoms with van der Waals surface area (Å²) in [5.41, 5.74) is -0.508. The summed E-state index contributed by atoms with van der Waals surface area (Å²) in [6.07, 6.45) is -12.8. The Morgan fingerprint density at radius 2 is 1.31 bits per heavy atom. The number of carboxylic acids is 1. The number of aliphatic hydroxyl groups excluding tert-OH is 10. The molecule has 8 rings (SSSR count). The predicted octanol–water partition coefficient (Wildman–Crippen LogP) is 0.318. The molecule has 0 aromatic heterocycles. The fourth-order valence-corrected chi connectivity index (χ4v) is 14.9. The number of fused-ring (bicyclic) bond motifs is 7. The summed E-state index contributed by atoms with van der Waals surface area (Å²) in [5, 5.41) is 117. The number of aliphatic hydroxyl groups is 10. The van der Waals surface area contributed by atoms with Crippen LogP contribution in [0.2, 0.25) is 0 Å². The molecule has 4 saturated carbocycles. The van der Waals surface area contributed by atoms with E-state index >= 15 is 0 Å². The average molecular weight is 929 g/mol. The van der Waals surface area contributed by atoms with Crippen LogP contribution in [0, 0.1) is 50.2 Å². The van der Waals surface area contributed by atoms with E-state index in [9.17, 15) is 61.0 Å². The van der Waals surface area contributed by atoms with Crippen LogP contribution in [0.25, 0.3) is 0 Å². The van der Waals surface area contributed by atoms with E-state index in [0.717, 1.165) is 44.9 Å². The first kappa shape index (κ1) is 50.0. The van der Waals surface area contributed by atoms with Crippen molar-refractivity contribution in [3.63, 3.8) is 0 Å². The van der Waals surface area contributed by atoms with Gasteiger partial charge in [-0.1, -0.05) is 53.2 Å². The van der Waals surface area contributed by atoms with Gasteiger partial charge in [-0.2, -0.15) is 0 Å². The second-order valence-electron chi connectivity index (χ2n) is 22.9. The Morgan fingerprint density at radius 1 is 0.677 bits per heavy atom. The van der Waals surface area contributed by atoms with E-state index in [4.69, 9.17) is 28.4 Å². The van der Waals surface area contributed by atoms with Crippen LogP contribution in [0.4, 0.5) is 0 Å². The molecular formula is C47H76O18. The quantitative estimate of drug-likeness (QED) is 0.104. The molecule has 5 aliphatic carbocycles. The lowest BCUT2D eigenvalue weighted by molar-refractivity contribution is -0.375. The highest BCUT2D eigenvalue weighted by atomic mass is 16.8. The first-order valence-corrected chi connectivity index (χ1v) is 23.9. The minimum atomic E-state index is -1.87. The van der Waals surface area contributed by atoms with E-state index < -0.39 is 122 Å². The van der Waals surface area contributed by atoms with Gasteiger partial charge >= 0.3 is 5.97 Å². The molecule has 3 aliphatic heterocycles. The van der Waals surface area contributed by atoms with Gasteiger partial charge < -0.3 is 84.6 Å². The predicted molar refractivity (Wildman–Crippen MR) is 226 cm³/mol. The Hall–Kier alpha value is -1.43. The standard InChI is InChI=1S/C47H76O18/c1-42(2)13-15-47(41(58)59)16-14-45(5)22(23(47)17-42)7-8-28-43(3)11-10-29(44(4,21-50)27(43)9-12-46(28,45)6)64-38-34(55)31(52)26(20-60-38)63-39-36(57)33(54)37(25(19-49)62-39)65-40-35(56)32(53)30(51)24(18-48)61-40/h7,23-40,48-57H,8-21H2,1-6H3,(H,58,59)/t23-,24-,25-,26+,27?,28-,29+,30-,31+,32+,33-,34-,35-,36-,37-,38+,39+,40+,43+,44+,45-,46-,47+/m1/s1. The highest BCUT2D eigenvalue weighted by molar-refractivity contribution is 5.76. The van der Waals surface area contributed by atoms with Crippen molar-refractivity contribution in [1.82, 2.24) is 0 Å². The molecular weight excluding hydrogens is 852 g/mol. The largest absolute Gasteiger partial charge is 0.481 e. The van der Waals surface area contributed by atoms with Crippen LogP contribution in [0.1, 0.15) is 106 Å². The topological polar surface area (TPSA) is 295 Å². The Balaban J connectivity index is 0.927. The van der Waals surface area contributed by atoms with Crippen LogP contribution in [0.15, 0.2) is 11.6 Å². The first-order chi connectivity index (χ1) is 30.5. The maximum atomic E-state index is 13.1. The molecule has 65 heavy (non-hydrogen) atoms. The molecule has 372 valence electrons. The van der Waals surface area contributed by atoms with Crippen molar-refractivity contribution in [2.75, 3.05) is 26.4 Å². The van der Waals surface area contributed by atoms with Gasteiger partial charge in [0.1, 0.15) is 67.1 Å². The molecule has 1 unspecified atom stereocenters. The highest BCUT2D eigenvalue weighted by Crippen LogP contribution is 2.76. The maximum absolute atomic E-state index is 13.1. The van der Waals surface area contributed by atoms with Gasteiger partial charge in [0, 0.05) is 5.41 Å². The van der Waals surface area contributed by atoms with E-state index in [0.29, 0.717) is 19.3 Å². The molecule has 0 bridgehead atoms. The zero-order valence-corrected chi connectivity index (χ0v) is 38.6. The third kappa shape index (κ3) is 7.80. The number of hydrogen-bond donors (Lipinski definition) is 11. The van der Waals surface area contributed by atoms with Gasteiger partial charge in [-0.3, -0.25) is 4.79 Å². The normalized spacial score (nSPS) is 54.3. The van der Waals surface area contributed by atoms with Gasteiger partial charge in [0.05, 0.1) is 37.9 Å². The zero-order valence-electron chi connectivity index (χ0n) is 38.6. The molecule has 3 heterocycles. The van der Waals surface area contributed by atoms with Gasteiger partial charge in [-0.25, -0.2) is 0 Å². The fraction of sp³-hybridized carbons (Fsp3) is 0.936. The lowest BCUT2D eigenvalue weighted by atomic mass is 9.33. The summed E-state index contributed by atoms with van der Waals surface area (Å²) in [7, 11) is 0. The van der Waals surface area contributed by atoms with Gasteiger partial charge in [0.2, 0.25) is 0 Å². The monoisotopic (exact) mass is 929 g/mol. The third-order valence-corrected chi connectivity index (χ3v) is 19.1. The summed E-state index contributed by atoms with van der Waals surface area (Å²) in [6, 6.07) is 0. The van der Waals surface area contributed by atoms with Crippen molar-refractivity contribution in [3.05, 3.63) is 11.6 Å². The van der Waals surface area contributed by atoms with Crippen LogP contribution in [0.3, 0.4) is 0 Å². The third-order valence-electron chi connectivity index (χ3n) is 19.1. The molecule has 3 saturated heterocycles. The molecule has 8 aliphatic rings. The van der Waals surface area contributed by atoms with E-state index in [1.807, 2.05) is 6.92 Å². The molecule has 0 aromatic carbocycles. The van der Waals surface area contributed by atoms with Crippen LogP contribution in [-0.2, 0) is 33.2 Å². The van der Waals surface area contributed by atoms with E-state index in [1.165, 1.54) is 5.57 Å². The second kappa shape index (κ2) is 17.8. The average Bonchev–Trinajstić information content (AvgIpc) is 3.26. The van der Waals surface area contributed by atoms with Crippen molar-refractivity contribution in [3.8, 4) is 0 Å². The maximum Gasteiger partial charge on any atom is 0.310 e. The van der Waals surface area contributed by atoms with Crippen LogP contribution >= 0.6 is 0 Å². The number of carbonyl (C=O) groups is 1. The van der Waals surface area contributed by atoms with Gasteiger partial charge in [-0.05, 0) is 104 Å². The van der Waals surface area contributed by atoms with Crippen molar-refractivity contribution in [2.24, 2.45) is 50.2 Å². The number of hydrogen-bond acceptors (Lipinski definition) is 17. The minimum absolute atomic E-state index is 0.00400. The van der Waals surface area contributed by atoms with Crippen LogP contribution < -0.4 is 0 Å². The molecule has 0 amide bonds. The molecule has 0 radical (unpaired) electrons. The Kier molecular flexibility index (Phi) is 13.7. The molecule has 0 spiro atoms. The smallest absolute Gasteiger partial charge is 0.310 e. The van der Waals surface area contributed by atoms with Crippen molar-refractivity contribution in [2.45, 2.75) is 198 Å². The Morgan fingerprint density at radius 3 is 1.97 bits per heavy atom. The van der Waals surface area contributed by atoms with Gasteiger partial charge in [0.15, 0.2) is 18.9 Å². The molecule has 0 aromatic rings. The summed E-state index contributed by atoms with van der Waals surface area (Å²) in [6.45, 7) is 11.8. The van der Waals surface area contributed by atoms with E-state index in [1.54, 1.807) is 0 Å². The van der Waals surface area contributed by atoms with Crippen molar-refractivity contribution >= 4 is 5.97 Å². The highest BCUT2D eigenvalue weighted by Gasteiger charge is 2.70. The summed E-state index contributed by atoms with van der Waals surface area (Å²) < 4.78 is 35.1. The Bertz CT molecular complexity index is 1760. The lowest BCUT2D eigenvalue weighted by Crippen LogP contribution is -2.67. The summed E-state index contributed by atoms with van der Waals surface area (Å²) >= 11 is 0. The molecule has 23 atom stereocenters. The first-order valence-electron chi connectivity index (χ1n) is 23.9. The minimum Gasteiger partial charge on any atom is -0.481 e. The summed E-state index contributed by atoms with van der Waals surface area (Å²) in [5.74, 6) is -0.341. The number of carboxylic acid groups (broad SMARTS) is 1. The number of aliphatic carboxylic acids is 1. The van der Waals surface area contributed by atoms with Crippen molar-refractivity contribution < 1.29 is 89.4 Å². The Labute approximate surface area is 380 Å². The van der Waals surface area contributed by atoms with Crippen LogP contribution in [0.5, 0.6) is 0 Å². The van der Waals surface area contributed by atoms with Gasteiger partial charge in [-0.15, -0.1) is 0 Å². The molecule has 18 heteroatoms.